The van der Waals surface area contributed by atoms with Gasteiger partial charge in [-0.3, -0.25) is 0 Å². The van der Waals surface area contributed by atoms with Gasteiger partial charge in [0.05, 0.1) is 5.48 Å². The highest BCUT2D eigenvalue weighted by molar-refractivity contribution is 5.22. The standard InChI is InChI=1S/C10H14/c1-3-9-5-7-10(4-2)8-6-9/h5-8H,3-4H2,1-2H3/i1D3,2D3,3D2,4D2,5D,6D,7D,8D. The van der Waals surface area contributed by atoms with Crippen molar-refractivity contribution in [2.45, 2.75) is 26.4 Å². The molecule has 1 aromatic carbocycles. The van der Waals surface area contributed by atoms with Gasteiger partial charge in [0.2, 0.25) is 0 Å². The number of hydrogen-bond acceptors (Lipinski definition) is 0. The fourth-order valence-corrected chi connectivity index (χ4v) is 0.438. The number of benzene rings is 1. The van der Waals surface area contributed by atoms with Crippen molar-refractivity contribution in [3.05, 3.63) is 35.3 Å². The van der Waals surface area contributed by atoms with E-state index in [-0.39, 0.29) is 0 Å². The lowest BCUT2D eigenvalue weighted by Gasteiger charge is -1.97. The van der Waals surface area contributed by atoms with Gasteiger partial charge in [-0.05, 0) is 23.9 Å². The van der Waals surface area contributed by atoms with Crippen LogP contribution < -0.4 is 0 Å². The molecular weight excluding hydrogens is 120 g/mol. The van der Waals surface area contributed by atoms with Crippen molar-refractivity contribution in [1.29, 1.82) is 0 Å². The zero-order valence-electron chi connectivity index (χ0n) is 19.0. The Morgan fingerprint density at radius 2 is 1.60 bits per heavy atom. The zero-order chi connectivity index (χ0) is 19.5. The highest BCUT2D eigenvalue weighted by atomic mass is 13.9. The summed E-state index contributed by atoms with van der Waals surface area (Å²) in [5.41, 5.74) is -2.13. The Labute approximate surface area is 82.6 Å². The average Bonchev–Trinajstić information content (AvgIpc) is 2.33. The van der Waals surface area contributed by atoms with Crippen molar-refractivity contribution in [2.75, 3.05) is 0 Å². The molecule has 0 saturated carbocycles. The summed E-state index contributed by atoms with van der Waals surface area (Å²) in [6, 6.07) is -4.50. The van der Waals surface area contributed by atoms with E-state index in [4.69, 9.17) is 19.2 Å². The first-order valence-electron chi connectivity index (χ1n) is 9.50. The van der Waals surface area contributed by atoms with Crippen LogP contribution in [-0.4, -0.2) is 0 Å². The molecule has 0 N–H and O–H groups in total. The highest BCUT2D eigenvalue weighted by Gasteiger charge is 1.88. The maximum Gasteiger partial charge on any atom is 0.0626 e. The van der Waals surface area contributed by atoms with Gasteiger partial charge in [-0.1, -0.05) is 37.9 Å². The van der Waals surface area contributed by atoms with Gasteiger partial charge < -0.3 is 0 Å². The maximum absolute atomic E-state index is 7.76. The second kappa shape index (κ2) is 3.40. The van der Waals surface area contributed by atoms with Gasteiger partial charge in [-0.15, -0.1) is 0 Å². The molecule has 0 nitrogen and oxygen atoms in total. The molecule has 0 heteroatoms. The first-order valence-corrected chi connectivity index (χ1v) is 2.50. The molecule has 0 aromatic heterocycles. The second-order valence-electron chi connectivity index (χ2n) is 1.50. The summed E-state index contributed by atoms with van der Waals surface area (Å²) in [5.74, 6) is 0. The summed E-state index contributed by atoms with van der Waals surface area (Å²) >= 11 is 0. The molecule has 0 aliphatic heterocycles. The summed E-state index contributed by atoms with van der Waals surface area (Å²) in [6.07, 6.45) is -6.48. The molecule has 0 fully saturated rings. The van der Waals surface area contributed by atoms with E-state index >= 15 is 0 Å². The zero-order valence-corrected chi connectivity index (χ0v) is 5.00. The van der Waals surface area contributed by atoms with Crippen molar-refractivity contribution in [2.24, 2.45) is 0 Å². The van der Waals surface area contributed by atoms with E-state index < -0.39 is 61.7 Å². The Morgan fingerprint density at radius 3 is 1.90 bits per heavy atom. The summed E-state index contributed by atoms with van der Waals surface area (Å²) < 4.78 is 105. The van der Waals surface area contributed by atoms with E-state index in [0.717, 1.165) is 0 Å². The molecule has 0 aliphatic rings. The van der Waals surface area contributed by atoms with Crippen LogP contribution in [-0.2, 0) is 12.7 Å². The molecular formula is C10H14. The summed E-state index contributed by atoms with van der Waals surface area (Å²) in [5, 5.41) is 0. The average molecular weight is 148 g/mol. The van der Waals surface area contributed by atoms with Crippen LogP contribution >= 0.6 is 0 Å². The molecule has 0 saturated heterocycles. The summed E-state index contributed by atoms with van der Waals surface area (Å²) in [4.78, 5) is 0. The van der Waals surface area contributed by atoms with Gasteiger partial charge in [0.15, 0.2) is 0 Å². The molecule has 0 heterocycles. The van der Waals surface area contributed by atoms with Crippen LogP contribution in [0.1, 0.15) is 44.0 Å². The number of hydrogen-bond donors (Lipinski definition) is 0. The van der Waals surface area contributed by atoms with Crippen LogP contribution in [0.2, 0.25) is 0 Å². The van der Waals surface area contributed by atoms with Gasteiger partial charge in [-0.25, -0.2) is 0 Å². The van der Waals surface area contributed by atoms with E-state index in [1.165, 1.54) is 0 Å². The van der Waals surface area contributed by atoms with Crippen molar-refractivity contribution in [3.63, 3.8) is 0 Å². The van der Waals surface area contributed by atoms with Gasteiger partial charge >= 0.3 is 0 Å². The Hall–Kier alpha value is -0.780. The van der Waals surface area contributed by atoms with Crippen LogP contribution in [0.15, 0.2) is 24.2 Å². The van der Waals surface area contributed by atoms with Crippen molar-refractivity contribution in [1.82, 2.24) is 0 Å². The largest absolute Gasteiger partial charge is 0.0626 e. The lowest BCUT2D eigenvalue weighted by atomic mass is 10.1. The topological polar surface area (TPSA) is 0 Å². The van der Waals surface area contributed by atoms with E-state index in [1.807, 2.05) is 0 Å². The van der Waals surface area contributed by atoms with Gasteiger partial charge in [0.25, 0.3) is 0 Å². The Morgan fingerprint density at radius 1 is 1.20 bits per heavy atom. The molecule has 0 amide bonds. The van der Waals surface area contributed by atoms with Crippen LogP contribution in [0.25, 0.3) is 0 Å². The molecule has 0 bridgehead atoms. The van der Waals surface area contributed by atoms with E-state index in [9.17, 15) is 0 Å². The monoisotopic (exact) mass is 148 g/mol. The minimum absolute atomic E-state index is 1.07. The van der Waals surface area contributed by atoms with Gasteiger partial charge in [-0.2, -0.15) is 0 Å². The van der Waals surface area contributed by atoms with E-state index in [2.05, 4.69) is 0 Å². The van der Waals surface area contributed by atoms with Crippen LogP contribution in [0.5, 0.6) is 0 Å². The Kier molecular flexibility index (Phi) is 0.393. The molecule has 0 radical (unpaired) electrons. The first kappa shape index (κ1) is 1.16. The van der Waals surface area contributed by atoms with Crippen LogP contribution in [0, 0.1) is 0 Å². The third-order valence-corrected chi connectivity index (χ3v) is 0.875. The molecule has 1 rings (SSSR count). The third kappa shape index (κ3) is 1.60. The lowest BCUT2D eigenvalue weighted by molar-refractivity contribution is 1.10. The number of rotatable bonds is 2. The fourth-order valence-electron chi connectivity index (χ4n) is 0.438. The predicted molar refractivity (Wildman–Crippen MR) is 45.2 cm³/mol. The Balaban J connectivity index is 3.91. The van der Waals surface area contributed by atoms with Crippen molar-refractivity contribution in [3.8, 4) is 0 Å². The molecule has 0 unspecified atom stereocenters. The molecule has 0 atom stereocenters. The SMILES string of the molecule is [2H]c1c([2H])c(C([2H])([2H])C([2H])([2H])[2H])c([2H])c([2H])c1C([2H])([2H])C([2H])([2H])[2H]. The quantitative estimate of drug-likeness (QED) is 0.605. The van der Waals surface area contributed by atoms with E-state index in [1.54, 1.807) is 0 Å². The molecule has 0 spiro atoms. The smallest absolute Gasteiger partial charge is 0.0613 e. The van der Waals surface area contributed by atoms with E-state index in [0.29, 0.717) is 0 Å². The van der Waals surface area contributed by atoms with Crippen LogP contribution in [0.4, 0.5) is 0 Å². The van der Waals surface area contributed by atoms with Gasteiger partial charge in [0.1, 0.15) is 0 Å². The summed E-state index contributed by atoms with van der Waals surface area (Å²) in [6.45, 7) is -6.61. The summed E-state index contributed by atoms with van der Waals surface area (Å²) in [7, 11) is 0. The molecule has 10 heavy (non-hydrogen) atoms. The molecule has 54 valence electrons. The fraction of sp³-hybridized carbons (Fsp3) is 0.400. The second-order valence-corrected chi connectivity index (χ2v) is 1.50. The third-order valence-electron chi connectivity index (χ3n) is 0.875. The molecule has 0 aliphatic carbocycles. The van der Waals surface area contributed by atoms with Crippen molar-refractivity contribution < 1.29 is 19.2 Å². The van der Waals surface area contributed by atoms with Crippen molar-refractivity contribution >= 4 is 0 Å². The molecule has 1 aromatic rings. The minimum Gasteiger partial charge on any atom is -0.0613 e. The Bertz CT molecular complexity index is 563. The predicted octanol–water partition coefficient (Wildman–Crippen LogP) is 2.81. The first-order chi connectivity index (χ1) is 10.4. The lowest BCUT2D eigenvalue weighted by Crippen LogP contribution is -1.81. The van der Waals surface area contributed by atoms with Crippen LogP contribution in [0.3, 0.4) is 0 Å². The maximum atomic E-state index is 7.76. The minimum atomic E-state index is -3.30. The normalized spacial score (nSPS) is 35.6. The van der Waals surface area contributed by atoms with Gasteiger partial charge in [0, 0.05) is 13.7 Å². The highest BCUT2D eigenvalue weighted by Crippen LogP contribution is 2.04.